The van der Waals surface area contributed by atoms with Crippen molar-refractivity contribution >= 4 is 40.8 Å². The van der Waals surface area contributed by atoms with Crippen molar-refractivity contribution in [2.45, 2.75) is 25.3 Å². The molecule has 1 aliphatic carbocycles. The van der Waals surface area contributed by atoms with E-state index >= 15 is 0 Å². The zero-order valence-corrected chi connectivity index (χ0v) is 20.0. The Hall–Kier alpha value is -3.04. The molecule has 3 rings (SSSR count). The standard InChI is InChI=1S/C25H31N3O5S/c1-33-9-4-10-34-15-24(30)28-22-12-16(7-8-20(22)26)23(29)13-17(25(31)32)11-18-14-27-21-6-3-2-5-19(18)21/h2-3,5-8,12,14,17,19,21,27H,4,9-11,13,15,26H2,1H3,(H,28,30)(H,31,32). The number of amides is 1. The smallest absolute Gasteiger partial charge is 0.307 e. The number of nitrogen functional groups attached to an aromatic ring is 1. The second kappa shape index (κ2) is 12.4. The maximum Gasteiger partial charge on any atom is 0.307 e. The first kappa shape index (κ1) is 25.6. The van der Waals surface area contributed by atoms with E-state index in [4.69, 9.17) is 10.5 Å². The molecule has 3 unspecified atom stereocenters. The highest BCUT2D eigenvalue weighted by Crippen LogP contribution is 2.32. The Bertz CT molecular complexity index is 1000. The number of aliphatic carboxylic acids is 1. The van der Waals surface area contributed by atoms with Gasteiger partial charge in [0.1, 0.15) is 0 Å². The highest BCUT2D eigenvalue weighted by atomic mass is 32.2. The number of carboxylic acid groups (broad SMARTS) is 1. The fourth-order valence-electron chi connectivity index (χ4n) is 3.98. The zero-order chi connectivity index (χ0) is 24.5. The third-order valence-electron chi connectivity index (χ3n) is 5.81. The number of carbonyl (C=O) groups excluding carboxylic acids is 2. The molecule has 8 nitrogen and oxygen atoms in total. The number of Topliss-reactive ketones (excluding diaryl/α,β-unsaturated/α-hetero) is 1. The maximum atomic E-state index is 12.9. The predicted octanol–water partition coefficient (Wildman–Crippen LogP) is 3.24. The van der Waals surface area contributed by atoms with Gasteiger partial charge in [0.05, 0.1) is 29.1 Å². The number of ether oxygens (including phenoxy) is 1. The summed E-state index contributed by atoms with van der Waals surface area (Å²) in [6.45, 7) is 0.645. The van der Waals surface area contributed by atoms with Crippen molar-refractivity contribution in [2.24, 2.45) is 11.8 Å². The molecule has 0 saturated carbocycles. The number of nitrogens with two attached hydrogens (primary N) is 1. The molecular formula is C25H31N3O5S. The summed E-state index contributed by atoms with van der Waals surface area (Å²) in [5.41, 5.74) is 7.97. The molecule has 0 aromatic heterocycles. The molecule has 1 heterocycles. The number of methoxy groups -OCH3 is 1. The van der Waals surface area contributed by atoms with E-state index in [1.54, 1.807) is 19.2 Å². The summed E-state index contributed by atoms with van der Waals surface area (Å²) in [5.74, 6) is -1.22. The summed E-state index contributed by atoms with van der Waals surface area (Å²) in [7, 11) is 1.64. The van der Waals surface area contributed by atoms with Gasteiger partial charge in [-0.15, -0.1) is 0 Å². The first-order chi connectivity index (χ1) is 16.4. The Kier molecular flexibility index (Phi) is 9.35. The number of allylic oxidation sites excluding steroid dienone is 2. The minimum Gasteiger partial charge on any atom is -0.481 e. The van der Waals surface area contributed by atoms with E-state index in [0.717, 1.165) is 17.7 Å². The second-order valence-electron chi connectivity index (χ2n) is 8.32. The van der Waals surface area contributed by atoms with E-state index in [9.17, 15) is 19.5 Å². The lowest BCUT2D eigenvalue weighted by Gasteiger charge is -2.21. The van der Waals surface area contributed by atoms with Gasteiger partial charge in [0.25, 0.3) is 0 Å². The van der Waals surface area contributed by atoms with Crippen molar-refractivity contribution in [3.63, 3.8) is 0 Å². The SMILES string of the molecule is COCCCSCC(=O)Nc1cc(C(=O)CC(CC2=CNC3C=CC=CC23)C(=O)O)ccc1N. The molecule has 2 aliphatic rings. The van der Waals surface area contributed by atoms with Crippen molar-refractivity contribution in [3.05, 3.63) is 59.8 Å². The molecule has 0 spiro atoms. The van der Waals surface area contributed by atoms with Gasteiger partial charge in [-0.05, 0) is 48.6 Å². The van der Waals surface area contributed by atoms with Crippen molar-refractivity contribution in [2.75, 3.05) is 36.3 Å². The number of thioether (sulfide) groups is 1. The largest absolute Gasteiger partial charge is 0.481 e. The van der Waals surface area contributed by atoms with Crippen LogP contribution in [0, 0.1) is 11.8 Å². The molecule has 5 N–H and O–H groups in total. The van der Waals surface area contributed by atoms with Gasteiger partial charge >= 0.3 is 5.97 Å². The van der Waals surface area contributed by atoms with Crippen LogP contribution in [0.15, 0.2) is 54.3 Å². The topological polar surface area (TPSA) is 131 Å². The molecule has 1 aromatic rings. The highest BCUT2D eigenvalue weighted by molar-refractivity contribution is 7.99. The van der Waals surface area contributed by atoms with Crippen LogP contribution in [0.25, 0.3) is 0 Å². The summed E-state index contributed by atoms with van der Waals surface area (Å²) >= 11 is 1.49. The van der Waals surface area contributed by atoms with E-state index in [-0.39, 0.29) is 42.2 Å². The first-order valence-corrected chi connectivity index (χ1v) is 12.4. The summed E-state index contributed by atoms with van der Waals surface area (Å²) < 4.78 is 4.99. The van der Waals surface area contributed by atoms with Gasteiger partial charge in [-0.1, -0.05) is 24.3 Å². The van der Waals surface area contributed by atoms with Crippen LogP contribution in [0.2, 0.25) is 0 Å². The van der Waals surface area contributed by atoms with Crippen LogP contribution in [0.1, 0.15) is 29.6 Å². The Morgan fingerprint density at radius 2 is 2.06 bits per heavy atom. The van der Waals surface area contributed by atoms with Crippen LogP contribution in [-0.4, -0.2) is 54.0 Å². The Morgan fingerprint density at radius 3 is 2.82 bits per heavy atom. The summed E-state index contributed by atoms with van der Waals surface area (Å²) in [4.78, 5) is 37.1. The van der Waals surface area contributed by atoms with Gasteiger partial charge in [0, 0.05) is 31.6 Å². The number of hydrogen-bond donors (Lipinski definition) is 4. The lowest BCUT2D eigenvalue weighted by Crippen LogP contribution is -2.26. The van der Waals surface area contributed by atoms with Crippen LogP contribution in [0.4, 0.5) is 11.4 Å². The lowest BCUT2D eigenvalue weighted by molar-refractivity contribution is -0.141. The Balaban J connectivity index is 1.59. The van der Waals surface area contributed by atoms with E-state index in [1.807, 2.05) is 30.5 Å². The number of carboxylic acids is 1. The number of rotatable bonds is 13. The fourth-order valence-corrected chi connectivity index (χ4v) is 4.71. The third kappa shape index (κ3) is 6.98. The lowest BCUT2D eigenvalue weighted by atomic mass is 9.84. The number of fused-ring (bicyclic) bond motifs is 1. The molecule has 1 aliphatic heterocycles. The maximum absolute atomic E-state index is 12.9. The molecule has 3 atom stereocenters. The Morgan fingerprint density at radius 1 is 1.26 bits per heavy atom. The van der Waals surface area contributed by atoms with E-state index < -0.39 is 11.9 Å². The minimum atomic E-state index is -1.01. The number of benzene rings is 1. The fraction of sp³-hybridized carbons (Fsp3) is 0.400. The minimum absolute atomic E-state index is 0.104. The number of carbonyl (C=O) groups is 3. The summed E-state index contributed by atoms with van der Waals surface area (Å²) in [6, 6.07) is 4.77. The highest BCUT2D eigenvalue weighted by Gasteiger charge is 2.31. The average Bonchev–Trinajstić information content (AvgIpc) is 3.22. The Labute approximate surface area is 203 Å². The van der Waals surface area contributed by atoms with Gasteiger partial charge in [-0.3, -0.25) is 14.4 Å². The monoisotopic (exact) mass is 485 g/mol. The molecular weight excluding hydrogens is 454 g/mol. The van der Waals surface area contributed by atoms with Crippen LogP contribution >= 0.6 is 11.8 Å². The number of hydrogen-bond acceptors (Lipinski definition) is 7. The zero-order valence-electron chi connectivity index (χ0n) is 19.2. The number of nitrogens with one attached hydrogen (secondary N) is 2. The molecule has 1 amide bonds. The summed E-state index contributed by atoms with van der Waals surface area (Å²) in [6.07, 6.45) is 10.8. The van der Waals surface area contributed by atoms with Gasteiger partial charge < -0.3 is 26.2 Å². The van der Waals surface area contributed by atoms with Crippen LogP contribution < -0.4 is 16.4 Å². The molecule has 0 bridgehead atoms. The average molecular weight is 486 g/mol. The van der Waals surface area contributed by atoms with Gasteiger partial charge in [0.15, 0.2) is 5.78 Å². The van der Waals surface area contributed by atoms with Crippen LogP contribution in [0.5, 0.6) is 0 Å². The van der Waals surface area contributed by atoms with Gasteiger partial charge in [-0.2, -0.15) is 11.8 Å². The number of ketones is 1. The summed E-state index contributed by atoms with van der Waals surface area (Å²) in [5, 5.41) is 15.8. The molecule has 0 fully saturated rings. The molecule has 0 radical (unpaired) electrons. The van der Waals surface area contributed by atoms with E-state index in [1.165, 1.54) is 17.8 Å². The van der Waals surface area contributed by atoms with Crippen molar-refractivity contribution in [1.29, 1.82) is 0 Å². The third-order valence-corrected chi connectivity index (χ3v) is 6.85. The molecule has 1 aromatic carbocycles. The number of anilines is 2. The van der Waals surface area contributed by atoms with Crippen molar-refractivity contribution in [1.82, 2.24) is 5.32 Å². The van der Waals surface area contributed by atoms with Crippen molar-refractivity contribution < 1.29 is 24.2 Å². The second-order valence-corrected chi connectivity index (χ2v) is 9.43. The van der Waals surface area contributed by atoms with Crippen LogP contribution in [-0.2, 0) is 14.3 Å². The predicted molar refractivity (Wildman–Crippen MR) is 135 cm³/mol. The molecule has 34 heavy (non-hydrogen) atoms. The van der Waals surface area contributed by atoms with Crippen molar-refractivity contribution in [3.8, 4) is 0 Å². The van der Waals surface area contributed by atoms with Crippen LogP contribution in [0.3, 0.4) is 0 Å². The molecule has 182 valence electrons. The normalized spacial score (nSPS) is 19.1. The van der Waals surface area contributed by atoms with Gasteiger partial charge in [-0.25, -0.2) is 0 Å². The van der Waals surface area contributed by atoms with E-state index in [2.05, 4.69) is 10.6 Å². The first-order valence-electron chi connectivity index (χ1n) is 11.2. The molecule has 9 heteroatoms. The molecule has 0 saturated heterocycles. The van der Waals surface area contributed by atoms with E-state index in [0.29, 0.717) is 23.5 Å². The van der Waals surface area contributed by atoms with Gasteiger partial charge in [0.2, 0.25) is 5.91 Å². The quantitative estimate of drug-likeness (QED) is 0.190.